The summed E-state index contributed by atoms with van der Waals surface area (Å²) in [5, 5.41) is 0. The van der Waals surface area contributed by atoms with E-state index in [-0.39, 0.29) is 0 Å². The summed E-state index contributed by atoms with van der Waals surface area (Å²) in [5.41, 5.74) is 7.23. The lowest BCUT2D eigenvalue weighted by Crippen LogP contribution is -2.42. The van der Waals surface area contributed by atoms with Gasteiger partial charge in [-0.15, -0.1) is 0 Å². The lowest BCUT2D eigenvalue weighted by molar-refractivity contribution is 0.219. The van der Waals surface area contributed by atoms with Gasteiger partial charge in [0.25, 0.3) is 0 Å². The van der Waals surface area contributed by atoms with Crippen LogP contribution in [0.3, 0.4) is 0 Å². The Labute approximate surface area is 105 Å². The maximum absolute atomic E-state index is 5.87. The molecule has 0 fully saturated rings. The van der Waals surface area contributed by atoms with E-state index in [4.69, 9.17) is 5.73 Å². The molecule has 0 amide bonds. The van der Waals surface area contributed by atoms with E-state index in [2.05, 4.69) is 61.3 Å². The van der Waals surface area contributed by atoms with Crippen LogP contribution in [0, 0.1) is 0 Å². The van der Waals surface area contributed by atoms with Crippen molar-refractivity contribution in [1.82, 2.24) is 9.80 Å². The van der Waals surface area contributed by atoms with Gasteiger partial charge in [0.15, 0.2) is 0 Å². The fourth-order valence-electron chi connectivity index (χ4n) is 1.85. The van der Waals surface area contributed by atoms with Crippen LogP contribution in [-0.4, -0.2) is 56.6 Å². The van der Waals surface area contributed by atoms with Crippen LogP contribution < -0.4 is 5.73 Å². The molecule has 3 nitrogen and oxygen atoms in total. The number of likely N-dealkylation sites (N-methyl/N-ethyl adjacent to an activating group) is 2. The zero-order valence-electron chi connectivity index (χ0n) is 11.3. The third-order valence-corrected chi connectivity index (χ3v) is 3.11. The van der Waals surface area contributed by atoms with Gasteiger partial charge >= 0.3 is 0 Å². The number of nitrogens with two attached hydrogens (primary N) is 1. The monoisotopic (exact) mass is 235 g/mol. The molecule has 17 heavy (non-hydrogen) atoms. The van der Waals surface area contributed by atoms with Crippen LogP contribution in [-0.2, 0) is 6.42 Å². The van der Waals surface area contributed by atoms with E-state index in [1.807, 2.05) is 0 Å². The molecule has 1 unspecified atom stereocenters. The molecule has 0 aliphatic heterocycles. The summed E-state index contributed by atoms with van der Waals surface area (Å²) in [6, 6.07) is 11.0. The molecule has 0 bridgehead atoms. The average molecular weight is 235 g/mol. The predicted molar refractivity (Wildman–Crippen MR) is 74.2 cm³/mol. The molecule has 0 heterocycles. The molecular formula is C14H25N3. The van der Waals surface area contributed by atoms with Crippen LogP contribution in [0.2, 0.25) is 0 Å². The molecule has 1 atom stereocenters. The van der Waals surface area contributed by atoms with Gasteiger partial charge in [-0.25, -0.2) is 0 Å². The van der Waals surface area contributed by atoms with Crippen LogP contribution in [0.25, 0.3) is 0 Å². The van der Waals surface area contributed by atoms with Gasteiger partial charge in [0, 0.05) is 25.7 Å². The minimum Gasteiger partial charge on any atom is -0.329 e. The zero-order chi connectivity index (χ0) is 12.7. The summed E-state index contributed by atoms with van der Waals surface area (Å²) in [6.45, 7) is 2.84. The highest BCUT2D eigenvalue weighted by Crippen LogP contribution is 2.06. The highest BCUT2D eigenvalue weighted by Gasteiger charge is 2.13. The average Bonchev–Trinajstić information content (AvgIpc) is 2.34. The van der Waals surface area contributed by atoms with Crippen LogP contribution in [0.15, 0.2) is 30.3 Å². The Hall–Kier alpha value is -0.900. The molecule has 0 saturated carbocycles. The molecular weight excluding hydrogens is 210 g/mol. The maximum Gasteiger partial charge on any atom is 0.0256 e. The van der Waals surface area contributed by atoms with Crippen molar-refractivity contribution < 1.29 is 0 Å². The molecule has 1 rings (SSSR count). The van der Waals surface area contributed by atoms with E-state index >= 15 is 0 Å². The van der Waals surface area contributed by atoms with E-state index in [1.54, 1.807) is 0 Å². The zero-order valence-corrected chi connectivity index (χ0v) is 11.3. The Morgan fingerprint density at radius 3 is 2.24 bits per heavy atom. The highest BCUT2D eigenvalue weighted by atomic mass is 15.2. The van der Waals surface area contributed by atoms with Gasteiger partial charge in [0.05, 0.1) is 0 Å². The summed E-state index contributed by atoms with van der Waals surface area (Å²) < 4.78 is 0. The molecule has 0 spiro atoms. The molecule has 0 aliphatic carbocycles. The Balaban J connectivity index is 2.47. The van der Waals surface area contributed by atoms with E-state index in [0.717, 1.165) is 19.5 Å². The molecule has 0 aliphatic rings. The molecule has 0 saturated heterocycles. The fraction of sp³-hybridized carbons (Fsp3) is 0.571. The second-order valence-corrected chi connectivity index (χ2v) is 4.86. The molecule has 1 aromatic carbocycles. The summed E-state index contributed by atoms with van der Waals surface area (Å²) in [6.07, 6.45) is 1.03. The van der Waals surface area contributed by atoms with Crippen molar-refractivity contribution in [2.45, 2.75) is 12.5 Å². The number of hydrogen-bond acceptors (Lipinski definition) is 3. The van der Waals surface area contributed by atoms with E-state index in [0.29, 0.717) is 12.6 Å². The van der Waals surface area contributed by atoms with Gasteiger partial charge in [0.1, 0.15) is 0 Å². The van der Waals surface area contributed by atoms with Crippen molar-refractivity contribution in [2.24, 2.45) is 5.73 Å². The van der Waals surface area contributed by atoms with Gasteiger partial charge in [-0.3, -0.25) is 0 Å². The first-order valence-corrected chi connectivity index (χ1v) is 6.22. The SMILES string of the molecule is CN(C)CCN(C)C(CN)Cc1ccccc1. The molecule has 96 valence electrons. The van der Waals surface area contributed by atoms with Crippen molar-refractivity contribution in [1.29, 1.82) is 0 Å². The minimum absolute atomic E-state index is 0.428. The number of hydrogen-bond donors (Lipinski definition) is 1. The van der Waals surface area contributed by atoms with Crippen molar-refractivity contribution in [3.63, 3.8) is 0 Å². The number of rotatable bonds is 7. The Morgan fingerprint density at radius 2 is 1.71 bits per heavy atom. The molecule has 1 aromatic rings. The Kier molecular flexibility index (Phi) is 6.19. The first-order valence-electron chi connectivity index (χ1n) is 6.22. The summed E-state index contributed by atoms with van der Waals surface area (Å²) in [4.78, 5) is 4.56. The van der Waals surface area contributed by atoms with Gasteiger partial charge in [-0.05, 0) is 33.1 Å². The van der Waals surface area contributed by atoms with E-state index < -0.39 is 0 Å². The molecule has 0 radical (unpaired) electrons. The fourth-order valence-corrected chi connectivity index (χ4v) is 1.85. The smallest absolute Gasteiger partial charge is 0.0256 e. The molecule has 0 aromatic heterocycles. The van der Waals surface area contributed by atoms with Crippen LogP contribution in [0.1, 0.15) is 5.56 Å². The summed E-state index contributed by atoms with van der Waals surface area (Å²) in [7, 11) is 6.36. The maximum atomic E-state index is 5.87. The number of nitrogens with zero attached hydrogens (tertiary/aromatic N) is 2. The van der Waals surface area contributed by atoms with Crippen molar-refractivity contribution in [3.8, 4) is 0 Å². The third kappa shape index (κ3) is 5.31. The topological polar surface area (TPSA) is 32.5 Å². The van der Waals surface area contributed by atoms with Crippen LogP contribution >= 0.6 is 0 Å². The summed E-state index contributed by atoms with van der Waals surface area (Å²) >= 11 is 0. The normalized spacial score (nSPS) is 13.3. The molecule has 2 N–H and O–H groups in total. The first kappa shape index (κ1) is 14.2. The van der Waals surface area contributed by atoms with Crippen molar-refractivity contribution in [3.05, 3.63) is 35.9 Å². The Bertz CT molecular complexity index is 298. The van der Waals surface area contributed by atoms with E-state index in [9.17, 15) is 0 Å². The molecule has 3 heteroatoms. The standard InChI is InChI=1S/C14H25N3/c1-16(2)9-10-17(3)14(12-15)11-13-7-5-4-6-8-13/h4-8,14H,9-12,15H2,1-3H3. The van der Waals surface area contributed by atoms with Crippen LogP contribution in [0.5, 0.6) is 0 Å². The van der Waals surface area contributed by atoms with E-state index in [1.165, 1.54) is 5.56 Å². The lowest BCUT2D eigenvalue weighted by atomic mass is 10.1. The predicted octanol–water partition coefficient (Wildman–Crippen LogP) is 1.05. The van der Waals surface area contributed by atoms with Gasteiger partial charge in [0.2, 0.25) is 0 Å². The largest absolute Gasteiger partial charge is 0.329 e. The third-order valence-electron chi connectivity index (χ3n) is 3.11. The van der Waals surface area contributed by atoms with Gasteiger partial charge < -0.3 is 15.5 Å². The first-order chi connectivity index (χ1) is 8.13. The second-order valence-electron chi connectivity index (χ2n) is 4.86. The minimum atomic E-state index is 0.428. The van der Waals surface area contributed by atoms with Crippen molar-refractivity contribution in [2.75, 3.05) is 40.8 Å². The quantitative estimate of drug-likeness (QED) is 0.767. The number of benzene rings is 1. The summed E-state index contributed by atoms with van der Waals surface area (Å²) in [5.74, 6) is 0. The van der Waals surface area contributed by atoms with Gasteiger partial charge in [-0.1, -0.05) is 30.3 Å². The van der Waals surface area contributed by atoms with Crippen LogP contribution in [0.4, 0.5) is 0 Å². The second kappa shape index (κ2) is 7.43. The Morgan fingerprint density at radius 1 is 1.06 bits per heavy atom. The highest BCUT2D eigenvalue weighted by molar-refractivity contribution is 5.16. The van der Waals surface area contributed by atoms with Gasteiger partial charge in [-0.2, -0.15) is 0 Å². The van der Waals surface area contributed by atoms with Crippen molar-refractivity contribution >= 4 is 0 Å². The lowest BCUT2D eigenvalue weighted by Gasteiger charge is -2.28.